The Morgan fingerprint density at radius 2 is 1.90 bits per heavy atom. The number of ether oxygens (including phenoxy) is 1. The van der Waals surface area contributed by atoms with E-state index in [9.17, 15) is 22.8 Å². The summed E-state index contributed by atoms with van der Waals surface area (Å²) in [6, 6.07) is -0.417. The van der Waals surface area contributed by atoms with Crippen molar-refractivity contribution in [2.45, 2.75) is 44.3 Å². The molecule has 1 fully saturated rings. The Bertz CT molecular complexity index is 374. The van der Waals surface area contributed by atoms with Crippen LogP contribution in [0.25, 0.3) is 0 Å². The zero-order chi connectivity index (χ0) is 16.0. The van der Waals surface area contributed by atoms with E-state index in [0.717, 1.165) is 20.0 Å². The smallest absolute Gasteiger partial charge is 0.406 e. The van der Waals surface area contributed by atoms with Gasteiger partial charge in [0.2, 0.25) is 5.91 Å². The number of methoxy groups -OCH3 is 1. The third kappa shape index (κ3) is 5.91. The van der Waals surface area contributed by atoms with Gasteiger partial charge >= 0.3 is 12.1 Å². The van der Waals surface area contributed by atoms with Gasteiger partial charge in [-0.15, -0.1) is 0 Å². The molecule has 21 heavy (non-hydrogen) atoms. The number of rotatable bonds is 5. The van der Waals surface area contributed by atoms with Crippen molar-refractivity contribution in [2.24, 2.45) is 11.7 Å². The minimum atomic E-state index is -4.51. The summed E-state index contributed by atoms with van der Waals surface area (Å²) in [6.45, 7) is -1.68. The Labute approximate surface area is 121 Å². The number of amides is 1. The lowest BCUT2D eigenvalue weighted by Crippen LogP contribution is -2.49. The Morgan fingerprint density at radius 1 is 1.29 bits per heavy atom. The molecular formula is C13H21F3N2O3. The van der Waals surface area contributed by atoms with Gasteiger partial charge in [-0.25, -0.2) is 0 Å². The molecule has 1 aliphatic carbocycles. The first-order valence-electron chi connectivity index (χ1n) is 6.92. The van der Waals surface area contributed by atoms with Crippen molar-refractivity contribution in [3.63, 3.8) is 0 Å². The molecule has 0 radical (unpaired) electrons. The number of alkyl halides is 3. The summed E-state index contributed by atoms with van der Waals surface area (Å²) in [5, 5.41) is 0. The number of nitrogens with two attached hydrogens (primary N) is 1. The van der Waals surface area contributed by atoms with Crippen LogP contribution in [0.5, 0.6) is 0 Å². The first-order valence-corrected chi connectivity index (χ1v) is 6.92. The molecular weight excluding hydrogens is 289 g/mol. The summed E-state index contributed by atoms with van der Waals surface area (Å²) >= 11 is 0. The molecule has 5 nitrogen and oxygen atoms in total. The predicted molar refractivity (Wildman–Crippen MR) is 69.2 cm³/mol. The van der Waals surface area contributed by atoms with Gasteiger partial charge in [0.1, 0.15) is 6.54 Å². The molecule has 0 bridgehead atoms. The highest BCUT2D eigenvalue weighted by molar-refractivity contribution is 5.80. The highest BCUT2D eigenvalue weighted by Gasteiger charge is 2.37. The van der Waals surface area contributed by atoms with Crippen molar-refractivity contribution in [2.75, 3.05) is 20.2 Å². The Hall–Kier alpha value is -1.31. The maximum absolute atomic E-state index is 12.6. The molecule has 0 aliphatic heterocycles. The molecule has 1 rings (SSSR count). The number of halogens is 3. The number of esters is 1. The molecule has 0 heterocycles. The molecule has 0 aromatic carbocycles. The SMILES string of the molecule is COC(=O)CCN(CC(F)(F)F)C(=O)C1CCCCC1N. The lowest BCUT2D eigenvalue weighted by molar-refractivity contribution is -0.166. The second-order valence-corrected chi connectivity index (χ2v) is 5.26. The van der Waals surface area contributed by atoms with Gasteiger partial charge in [-0.2, -0.15) is 13.2 Å². The standard InChI is InChI=1S/C13H21F3N2O3/c1-21-11(19)6-7-18(8-13(14,15)16)12(20)9-4-2-3-5-10(9)17/h9-10H,2-8,17H2,1H3. The van der Waals surface area contributed by atoms with Crippen molar-refractivity contribution in [1.82, 2.24) is 4.90 Å². The second kappa shape index (κ2) is 7.63. The van der Waals surface area contributed by atoms with Gasteiger partial charge in [-0.05, 0) is 12.8 Å². The van der Waals surface area contributed by atoms with Gasteiger partial charge in [0, 0.05) is 12.6 Å². The first-order chi connectivity index (χ1) is 9.74. The van der Waals surface area contributed by atoms with E-state index < -0.39 is 36.6 Å². The maximum atomic E-state index is 12.6. The van der Waals surface area contributed by atoms with Crippen LogP contribution in [0.1, 0.15) is 32.1 Å². The molecule has 122 valence electrons. The van der Waals surface area contributed by atoms with E-state index in [0.29, 0.717) is 17.7 Å². The predicted octanol–water partition coefficient (Wildman–Crippen LogP) is 1.46. The summed E-state index contributed by atoms with van der Waals surface area (Å²) in [5.74, 6) is -1.87. The molecule has 2 N–H and O–H groups in total. The van der Waals surface area contributed by atoms with Crippen LogP contribution in [0.4, 0.5) is 13.2 Å². The zero-order valence-corrected chi connectivity index (χ0v) is 12.0. The van der Waals surface area contributed by atoms with Crippen LogP contribution in [0, 0.1) is 5.92 Å². The van der Waals surface area contributed by atoms with E-state index in [4.69, 9.17) is 5.73 Å². The average molecular weight is 310 g/mol. The van der Waals surface area contributed by atoms with Crippen LogP contribution in [0.2, 0.25) is 0 Å². The number of carbonyl (C=O) groups excluding carboxylic acids is 2. The summed E-state index contributed by atoms with van der Waals surface area (Å²) in [5.41, 5.74) is 5.84. The van der Waals surface area contributed by atoms with E-state index in [1.807, 2.05) is 0 Å². The van der Waals surface area contributed by atoms with Crippen molar-refractivity contribution in [3.05, 3.63) is 0 Å². The van der Waals surface area contributed by atoms with Crippen LogP contribution in [0.15, 0.2) is 0 Å². The van der Waals surface area contributed by atoms with E-state index >= 15 is 0 Å². The number of hydrogen-bond donors (Lipinski definition) is 1. The quantitative estimate of drug-likeness (QED) is 0.780. The summed E-state index contributed by atoms with van der Waals surface area (Å²) in [6.07, 6.45) is -1.99. The largest absolute Gasteiger partial charge is 0.469 e. The van der Waals surface area contributed by atoms with Crippen molar-refractivity contribution in [1.29, 1.82) is 0 Å². The van der Waals surface area contributed by atoms with Gasteiger partial charge in [0.05, 0.1) is 19.4 Å². The number of hydrogen-bond acceptors (Lipinski definition) is 4. The fourth-order valence-corrected chi connectivity index (χ4v) is 2.51. The molecule has 2 atom stereocenters. The van der Waals surface area contributed by atoms with Crippen molar-refractivity contribution >= 4 is 11.9 Å². The van der Waals surface area contributed by atoms with Crippen molar-refractivity contribution in [3.8, 4) is 0 Å². The molecule has 1 aliphatic rings. The highest BCUT2D eigenvalue weighted by Crippen LogP contribution is 2.26. The van der Waals surface area contributed by atoms with Crippen LogP contribution < -0.4 is 5.73 Å². The third-order valence-corrected chi connectivity index (χ3v) is 3.63. The van der Waals surface area contributed by atoms with Crippen LogP contribution in [-0.4, -0.2) is 49.2 Å². The van der Waals surface area contributed by atoms with Crippen LogP contribution >= 0.6 is 0 Å². The summed E-state index contributed by atoms with van der Waals surface area (Å²) in [4.78, 5) is 24.0. The Balaban J connectivity index is 2.73. The van der Waals surface area contributed by atoms with Crippen LogP contribution in [-0.2, 0) is 14.3 Å². The van der Waals surface area contributed by atoms with Gasteiger partial charge in [0.15, 0.2) is 0 Å². The van der Waals surface area contributed by atoms with Gasteiger partial charge in [-0.1, -0.05) is 12.8 Å². The number of carbonyl (C=O) groups is 2. The van der Waals surface area contributed by atoms with Gasteiger partial charge in [0.25, 0.3) is 0 Å². The lowest BCUT2D eigenvalue weighted by Gasteiger charge is -2.33. The first kappa shape index (κ1) is 17.7. The van der Waals surface area contributed by atoms with E-state index in [-0.39, 0.29) is 13.0 Å². The van der Waals surface area contributed by atoms with Gasteiger partial charge in [-0.3, -0.25) is 9.59 Å². The molecule has 0 spiro atoms. The Kier molecular flexibility index (Phi) is 6.44. The molecule has 1 amide bonds. The molecule has 0 aromatic rings. The molecule has 2 unspecified atom stereocenters. The minimum Gasteiger partial charge on any atom is -0.469 e. The fraction of sp³-hybridized carbons (Fsp3) is 0.846. The zero-order valence-electron chi connectivity index (χ0n) is 12.0. The maximum Gasteiger partial charge on any atom is 0.406 e. The van der Waals surface area contributed by atoms with E-state index in [2.05, 4.69) is 4.74 Å². The molecule has 0 saturated heterocycles. The molecule has 8 heteroatoms. The monoisotopic (exact) mass is 310 g/mol. The third-order valence-electron chi connectivity index (χ3n) is 3.63. The summed E-state index contributed by atoms with van der Waals surface area (Å²) < 4.78 is 42.2. The second-order valence-electron chi connectivity index (χ2n) is 5.26. The molecule has 1 saturated carbocycles. The lowest BCUT2D eigenvalue weighted by atomic mass is 9.84. The fourth-order valence-electron chi connectivity index (χ4n) is 2.51. The summed E-state index contributed by atoms with van der Waals surface area (Å²) in [7, 11) is 1.15. The Morgan fingerprint density at radius 3 is 2.43 bits per heavy atom. The average Bonchev–Trinajstić information content (AvgIpc) is 2.41. The van der Waals surface area contributed by atoms with Crippen molar-refractivity contribution < 1.29 is 27.5 Å². The molecule has 0 aromatic heterocycles. The van der Waals surface area contributed by atoms with Crippen LogP contribution in [0.3, 0.4) is 0 Å². The van der Waals surface area contributed by atoms with E-state index in [1.54, 1.807) is 0 Å². The topological polar surface area (TPSA) is 72.6 Å². The van der Waals surface area contributed by atoms with E-state index in [1.165, 1.54) is 0 Å². The van der Waals surface area contributed by atoms with Gasteiger partial charge < -0.3 is 15.4 Å². The number of nitrogens with zero attached hydrogens (tertiary/aromatic N) is 1. The normalized spacial score (nSPS) is 22.7. The minimum absolute atomic E-state index is 0.264. The highest BCUT2D eigenvalue weighted by atomic mass is 19.4.